The van der Waals surface area contributed by atoms with Gasteiger partial charge in [-0.1, -0.05) is 0 Å². The maximum Gasteiger partial charge on any atom is 0.125 e. The molecule has 4 nitrogen and oxygen atoms in total. The first-order valence-electron chi connectivity index (χ1n) is 4.57. The topological polar surface area (TPSA) is 43.0 Å². The van der Waals surface area contributed by atoms with Crippen LogP contribution in [-0.4, -0.2) is 16.8 Å². The van der Waals surface area contributed by atoms with E-state index in [0.29, 0.717) is 6.54 Å². The summed E-state index contributed by atoms with van der Waals surface area (Å²) in [6, 6.07) is 3.94. The molecule has 0 radical (unpaired) electrons. The molecule has 14 heavy (non-hydrogen) atoms. The Morgan fingerprint density at radius 3 is 3.21 bits per heavy atom. The van der Waals surface area contributed by atoms with Crippen molar-refractivity contribution in [3.8, 4) is 0 Å². The van der Waals surface area contributed by atoms with Gasteiger partial charge in [0.15, 0.2) is 0 Å². The highest BCUT2D eigenvalue weighted by molar-refractivity contribution is 5.12. The first-order chi connectivity index (χ1) is 6.88. The van der Waals surface area contributed by atoms with Gasteiger partial charge in [-0.25, -0.2) is 0 Å². The minimum absolute atomic E-state index is 0.691. The van der Waals surface area contributed by atoms with E-state index in [-0.39, 0.29) is 0 Å². The van der Waals surface area contributed by atoms with Gasteiger partial charge >= 0.3 is 0 Å². The largest absolute Gasteiger partial charge is 0.467 e. The molecule has 0 aliphatic carbocycles. The third-order valence-corrected chi connectivity index (χ3v) is 1.97. The summed E-state index contributed by atoms with van der Waals surface area (Å²) in [5.41, 5.74) is 1.16. The first-order valence-corrected chi connectivity index (χ1v) is 4.57. The third kappa shape index (κ3) is 2.03. The third-order valence-electron chi connectivity index (χ3n) is 1.97. The molecule has 0 aromatic carbocycles. The van der Waals surface area contributed by atoms with E-state index in [1.54, 1.807) is 12.5 Å². The van der Waals surface area contributed by atoms with Gasteiger partial charge in [-0.15, -0.1) is 0 Å². The second kappa shape index (κ2) is 4.11. The molecular formula is C10H13N3O. The summed E-state index contributed by atoms with van der Waals surface area (Å²) in [6.45, 7) is 1.53. The van der Waals surface area contributed by atoms with Crippen LogP contribution in [0, 0.1) is 0 Å². The fourth-order valence-electron chi connectivity index (χ4n) is 1.36. The van der Waals surface area contributed by atoms with Crippen LogP contribution in [0.1, 0.15) is 11.3 Å². The van der Waals surface area contributed by atoms with E-state index >= 15 is 0 Å². The number of rotatable bonds is 4. The quantitative estimate of drug-likeness (QED) is 0.790. The van der Waals surface area contributed by atoms with Crippen LogP contribution < -0.4 is 5.32 Å². The second-order valence-electron chi connectivity index (χ2n) is 3.16. The molecule has 74 valence electrons. The van der Waals surface area contributed by atoms with E-state index in [2.05, 4.69) is 10.4 Å². The van der Waals surface area contributed by atoms with E-state index in [9.17, 15) is 0 Å². The van der Waals surface area contributed by atoms with Gasteiger partial charge < -0.3 is 9.73 Å². The zero-order valence-corrected chi connectivity index (χ0v) is 8.10. The van der Waals surface area contributed by atoms with Gasteiger partial charge in [-0.2, -0.15) is 5.10 Å². The van der Waals surface area contributed by atoms with E-state index in [1.807, 2.05) is 30.1 Å². The van der Waals surface area contributed by atoms with Crippen molar-refractivity contribution in [1.29, 1.82) is 0 Å². The van der Waals surface area contributed by atoms with E-state index < -0.39 is 0 Å². The number of furan rings is 1. The van der Waals surface area contributed by atoms with Crippen LogP contribution in [0.4, 0.5) is 0 Å². The zero-order valence-electron chi connectivity index (χ0n) is 8.10. The van der Waals surface area contributed by atoms with Crippen molar-refractivity contribution < 1.29 is 4.42 Å². The molecule has 0 saturated carbocycles. The zero-order chi connectivity index (χ0) is 9.80. The fourth-order valence-corrected chi connectivity index (χ4v) is 1.36. The van der Waals surface area contributed by atoms with E-state index in [0.717, 1.165) is 17.9 Å². The molecule has 1 N–H and O–H groups in total. The number of nitrogens with one attached hydrogen (secondary N) is 1. The summed E-state index contributed by atoms with van der Waals surface area (Å²) in [7, 11) is 1.92. The van der Waals surface area contributed by atoms with Crippen molar-refractivity contribution in [2.45, 2.75) is 13.1 Å². The van der Waals surface area contributed by atoms with Crippen molar-refractivity contribution in [2.75, 3.05) is 7.05 Å². The number of aromatic nitrogens is 2. The molecule has 0 atom stereocenters. The molecule has 0 spiro atoms. The Kier molecular flexibility index (Phi) is 2.65. The number of hydrogen-bond acceptors (Lipinski definition) is 3. The van der Waals surface area contributed by atoms with Crippen LogP contribution in [0.15, 0.2) is 35.2 Å². The second-order valence-corrected chi connectivity index (χ2v) is 3.16. The Hall–Kier alpha value is -1.55. The SMILES string of the molecule is CNCc1coc(Cn2cccn2)c1. The molecule has 4 heteroatoms. The number of hydrogen-bond donors (Lipinski definition) is 1. The Balaban J connectivity index is 2.03. The van der Waals surface area contributed by atoms with E-state index in [4.69, 9.17) is 4.42 Å². The Morgan fingerprint density at radius 2 is 2.50 bits per heavy atom. The molecule has 2 heterocycles. The van der Waals surface area contributed by atoms with Crippen LogP contribution >= 0.6 is 0 Å². The molecule has 0 saturated heterocycles. The lowest BCUT2D eigenvalue weighted by Gasteiger charge is -1.95. The molecule has 0 bridgehead atoms. The normalized spacial score (nSPS) is 10.6. The molecule has 0 aliphatic heterocycles. The van der Waals surface area contributed by atoms with Gasteiger partial charge in [0, 0.05) is 24.5 Å². The predicted molar refractivity (Wildman–Crippen MR) is 52.8 cm³/mol. The van der Waals surface area contributed by atoms with Crippen LogP contribution in [0.2, 0.25) is 0 Å². The van der Waals surface area contributed by atoms with Crippen molar-refractivity contribution in [1.82, 2.24) is 15.1 Å². The minimum atomic E-state index is 0.691. The molecule has 0 aliphatic rings. The Bertz CT molecular complexity index is 378. The summed E-state index contributed by atoms with van der Waals surface area (Å²) in [4.78, 5) is 0. The highest BCUT2D eigenvalue weighted by atomic mass is 16.3. The highest BCUT2D eigenvalue weighted by Gasteiger charge is 2.01. The molecule has 2 aromatic heterocycles. The van der Waals surface area contributed by atoms with Crippen molar-refractivity contribution in [3.05, 3.63) is 42.1 Å². The van der Waals surface area contributed by atoms with Crippen molar-refractivity contribution in [3.63, 3.8) is 0 Å². The standard InChI is InChI=1S/C10H13N3O/c1-11-6-9-5-10(14-8-9)7-13-4-2-3-12-13/h2-5,8,11H,6-7H2,1H3. The van der Waals surface area contributed by atoms with Crippen LogP contribution in [0.3, 0.4) is 0 Å². The summed E-state index contributed by atoms with van der Waals surface area (Å²) >= 11 is 0. The summed E-state index contributed by atoms with van der Waals surface area (Å²) in [6.07, 6.45) is 5.45. The van der Waals surface area contributed by atoms with E-state index in [1.165, 1.54) is 0 Å². The summed E-state index contributed by atoms with van der Waals surface area (Å²) in [5, 5.41) is 7.18. The summed E-state index contributed by atoms with van der Waals surface area (Å²) < 4.78 is 7.22. The predicted octanol–water partition coefficient (Wildman–Crippen LogP) is 1.24. The van der Waals surface area contributed by atoms with Crippen molar-refractivity contribution >= 4 is 0 Å². The summed E-state index contributed by atoms with van der Waals surface area (Å²) in [5.74, 6) is 0.930. The lowest BCUT2D eigenvalue weighted by molar-refractivity contribution is 0.478. The Labute approximate surface area is 82.5 Å². The van der Waals surface area contributed by atoms with Crippen LogP contribution in [0.5, 0.6) is 0 Å². The van der Waals surface area contributed by atoms with Gasteiger partial charge in [0.05, 0.1) is 12.8 Å². The van der Waals surface area contributed by atoms with Crippen LogP contribution in [-0.2, 0) is 13.1 Å². The van der Waals surface area contributed by atoms with Crippen LogP contribution in [0.25, 0.3) is 0 Å². The monoisotopic (exact) mass is 191 g/mol. The molecule has 0 unspecified atom stereocenters. The molecule has 2 rings (SSSR count). The lowest BCUT2D eigenvalue weighted by atomic mass is 10.3. The maximum absolute atomic E-state index is 5.39. The first kappa shape index (κ1) is 9.02. The average Bonchev–Trinajstić information content (AvgIpc) is 2.79. The van der Waals surface area contributed by atoms with Crippen molar-refractivity contribution in [2.24, 2.45) is 0 Å². The van der Waals surface area contributed by atoms with Gasteiger partial charge in [0.1, 0.15) is 5.76 Å². The van der Waals surface area contributed by atoms with Gasteiger partial charge in [0.2, 0.25) is 0 Å². The van der Waals surface area contributed by atoms with Gasteiger partial charge in [-0.05, 0) is 19.2 Å². The molecule has 0 amide bonds. The number of nitrogens with zero attached hydrogens (tertiary/aromatic N) is 2. The maximum atomic E-state index is 5.39. The fraction of sp³-hybridized carbons (Fsp3) is 0.300. The molecule has 2 aromatic rings. The lowest BCUT2D eigenvalue weighted by Crippen LogP contribution is -2.03. The molecular weight excluding hydrogens is 178 g/mol. The smallest absolute Gasteiger partial charge is 0.125 e. The van der Waals surface area contributed by atoms with Gasteiger partial charge in [0.25, 0.3) is 0 Å². The molecule has 0 fully saturated rings. The minimum Gasteiger partial charge on any atom is -0.467 e. The van der Waals surface area contributed by atoms with Gasteiger partial charge in [-0.3, -0.25) is 4.68 Å². The average molecular weight is 191 g/mol. The highest BCUT2D eigenvalue weighted by Crippen LogP contribution is 2.08. The Morgan fingerprint density at radius 1 is 1.57 bits per heavy atom.